The van der Waals surface area contributed by atoms with Gasteiger partial charge in [0.2, 0.25) is 5.91 Å². The Hall–Kier alpha value is -1.91. The van der Waals surface area contributed by atoms with Crippen LogP contribution in [-0.4, -0.2) is 18.5 Å². The summed E-state index contributed by atoms with van der Waals surface area (Å²) < 4.78 is 1.16. The fraction of sp³-hybridized carbons (Fsp3) is 0.423. The van der Waals surface area contributed by atoms with Crippen LogP contribution in [0.2, 0.25) is 0 Å². The van der Waals surface area contributed by atoms with Crippen molar-refractivity contribution >= 4 is 33.1 Å². The quantitative estimate of drug-likeness (QED) is 0.516. The standard InChI is InChI=1S/C26H29BrN2O/c27-22-11-12-23-24-21(22)10-6-15-26(24,25(30)29-23)14-5-4-9-20-17-19(13-16-28-20)18-7-2-1-3-8-18/h1-3,7-8,11-13,20,28H,4-6,9-10,14-17H2,(H,29,30). The van der Waals surface area contributed by atoms with Gasteiger partial charge in [-0.3, -0.25) is 4.79 Å². The molecule has 2 aromatic rings. The topological polar surface area (TPSA) is 41.1 Å². The Morgan fingerprint density at radius 2 is 1.97 bits per heavy atom. The van der Waals surface area contributed by atoms with Crippen molar-refractivity contribution in [3.8, 4) is 0 Å². The molecule has 2 aromatic carbocycles. The average Bonchev–Trinajstić information content (AvgIpc) is 3.07. The van der Waals surface area contributed by atoms with Gasteiger partial charge >= 0.3 is 0 Å². The van der Waals surface area contributed by atoms with Gasteiger partial charge in [0.25, 0.3) is 0 Å². The number of benzene rings is 2. The summed E-state index contributed by atoms with van der Waals surface area (Å²) in [5.74, 6) is 0.224. The summed E-state index contributed by atoms with van der Waals surface area (Å²) >= 11 is 3.72. The lowest BCUT2D eigenvalue weighted by Gasteiger charge is -2.34. The molecule has 0 saturated heterocycles. The third kappa shape index (κ3) is 3.54. The van der Waals surface area contributed by atoms with Gasteiger partial charge in [-0.2, -0.15) is 0 Å². The predicted molar refractivity (Wildman–Crippen MR) is 127 cm³/mol. The lowest BCUT2D eigenvalue weighted by molar-refractivity contribution is -0.121. The van der Waals surface area contributed by atoms with Gasteiger partial charge in [-0.15, -0.1) is 0 Å². The molecule has 2 atom stereocenters. The lowest BCUT2D eigenvalue weighted by Crippen LogP contribution is -2.37. The first kappa shape index (κ1) is 20.0. The summed E-state index contributed by atoms with van der Waals surface area (Å²) in [4.78, 5) is 13.0. The first-order chi connectivity index (χ1) is 14.7. The van der Waals surface area contributed by atoms with Crippen molar-refractivity contribution in [2.24, 2.45) is 0 Å². The molecule has 2 unspecified atom stereocenters. The minimum atomic E-state index is -0.304. The summed E-state index contributed by atoms with van der Waals surface area (Å²) in [7, 11) is 0. The summed E-state index contributed by atoms with van der Waals surface area (Å²) in [5.41, 5.74) is 6.19. The molecule has 0 bridgehead atoms. The maximum Gasteiger partial charge on any atom is 0.235 e. The molecule has 0 saturated carbocycles. The summed E-state index contributed by atoms with van der Waals surface area (Å²) in [6.07, 6.45) is 11.0. The molecule has 0 aromatic heterocycles. The van der Waals surface area contributed by atoms with Gasteiger partial charge in [-0.25, -0.2) is 0 Å². The first-order valence-electron chi connectivity index (χ1n) is 11.3. The van der Waals surface area contributed by atoms with Gasteiger partial charge in [0, 0.05) is 22.7 Å². The van der Waals surface area contributed by atoms with Crippen LogP contribution < -0.4 is 10.6 Å². The largest absolute Gasteiger partial charge is 0.325 e. The number of hydrogen-bond acceptors (Lipinski definition) is 2. The first-order valence-corrected chi connectivity index (χ1v) is 12.1. The molecule has 2 N–H and O–H groups in total. The van der Waals surface area contributed by atoms with Crippen molar-refractivity contribution in [3.63, 3.8) is 0 Å². The fourth-order valence-electron chi connectivity index (χ4n) is 5.72. The van der Waals surface area contributed by atoms with E-state index < -0.39 is 0 Å². The SMILES string of the molecule is O=C1Nc2ccc(Br)c3c2C1(CCCCC1CC(c2ccccc2)=CCN1)CCC3. The highest BCUT2D eigenvalue weighted by molar-refractivity contribution is 9.10. The summed E-state index contributed by atoms with van der Waals surface area (Å²) in [6.45, 7) is 0.950. The molecule has 0 spiro atoms. The Balaban J connectivity index is 1.22. The van der Waals surface area contributed by atoms with Gasteiger partial charge in [0.1, 0.15) is 0 Å². The van der Waals surface area contributed by atoms with E-state index in [4.69, 9.17) is 0 Å². The number of halogens is 1. The van der Waals surface area contributed by atoms with Gasteiger partial charge in [-0.05, 0) is 72.9 Å². The average molecular weight is 465 g/mol. The van der Waals surface area contributed by atoms with Gasteiger partial charge in [0.15, 0.2) is 0 Å². The Labute approximate surface area is 187 Å². The Bertz CT molecular complexity index is 984. The number of hydrogen-bond donors (Lipinski definition) is 2. The van der Waals surface area contributed by atoms with Crippen LogP contribution in [-0.2, 0) is 16.6 Å². The number of carbonyl (C=O) groups excluding carboxylic acids is 1. The summed E-state index contributed by atoms with van der Waals surface area (Å²) in [6, 6.07) is 15.4. The molecule has 0 fully saturated rings. The molecule has 3 aliphatic rings. The van der Waals surface area contributed by atoms with E-state index in [2.05, 4.69) is 75.1 Å². The van der Waals surface area contributed by atoms with Crippen molar-refractivity contribution in [2.45, 2.75) is 62.8 Å². The lowest BCUT2D eigenvalue weighted by atomic mass is 9.68. The van der Waals surface area contributed by atoms with Crippen molar-refractivity contribution in [2.75, 3.05) is 11.9 Å². The molecule has 1 amide bonds. The molecule has 156 valence electrons. The maximum atomic E-state index is 13.0. The minimum Gasteiger partial charge on any atom is -0.325 e. The molecule has 4 heteroatoms. The maximum absolute atomic E-state index is 13.0. The van der Waals surface area contributed by atoms with E-state index in [1.165, 1.54) is 28.7 Å². The second-order valence-electron chi connectivity index (χ2n) is 8.99. The molecule has 30 heavy (non-hydrogen) atoms. The van der Waals surface area contributed by atoms with Crippen LogP contribution in [0.1, 0.15) is 61.6 Å². The molecular formula is C26H29BrN2O. The molecule has 0 radical (unpaired) electrons. The second-order valence-corrected chi connectivity index (χ2v) is 9.84. The summed E-state index contributed by atoms with van der Waals surface area (Å²) in [5, 5.41) is 6.84. The van der Waals surface area contributed by atoms with E-state index >= 15 is 0 Å². The van der Waals surface area contributed by atoms with Crippen molar-refractivity contribution in [3.05, 3.63) is 69.7 Å². The normalized spacial score (nSPS) is 24.9. The van der Waals surface area contributed by atoms with Crippen LogP contribution in [0.5, 0.6) is 0 Å². The number of nitrogens with one attached hydrogen (secondary N) is 2. The smallest absolute Gasteiger partial charge is 0.235 e. The van der Waals surface area contributed by atoms with Crippen LogP contribution in [0.4, 0.5) is 5.69 Å². The van der Waals surface area contributed by atoms with Crippen molar-refractivity contribution in [1.29, 1.82) is 0 Å². The predicted octanol–water partition coefficient (Wildman–Crippen LogP) is 5.98. The number of amides is 1. The number of unbranched alkanes of at least 4 members (excludes halogenated alkanes) is 1. The Morgan fingerprint density at radius 3 is 2.83 bits per heavy atom. The molecule has 2 heterocycles. The highest BCUT2D eigenvalue weighted by Gasteiger charge is 2.49. The molecule has 2 aliphatic heterocycles. The third-order valence-electron chi connectivity index (χ3n) is 7.22. The highest BCUT2D eigenvalue weighted by atomic mass is 79.9. The van der Waals surface area contributed by atoms with Crippen LogP contribution in [0, 0.1) is 0 Å². The van der Waals surface area contributed by atoms with Crippen LogP contribution in [0.3, 0.4) is 0 Å². The molecule has 1 aliphatic carbocycles. The van der Waals surface area contributed by atoms with Crippen LogP contribution in [0.15, 0.2) is 53.0 Å². The van der Waals surface area contributed by atoms with E-state index in [0.717, 1.165) is 61.7 Å². The monoisotopic (exact) mass is 464 g/mol. The van der Waals surface area contributed by atoms with E-state index in [-0.39, 0.29) is 11.3 Å². The van der Waals surface area contributed by atoms with E-state index in [1.807, 2.05) is 0 Å². The van der Waals surface area contributed by atoms with Gasteiger partial charge in [0.05, 0.1) is 5.41 Å². The highest BCUT2D eigenvalue weighted by Crippen LogP contribution is 2.51. The zero-order valence-corrected chi connectivity index (χ0v) is 18.9. The Kier molecular flexibility index (Phi) is 5.55. The van der Waals surface area contributed by atoms with Crippen LogP contribution >= 0.6 is 15.9 Å². The number of carbonyl (C=O) groups is 1. The fourth-order valence-corrected chi connectivity index (χ4v) is 6.25. The third-order valence-corrected chi connectivity index (χ3v) is 7.96. The molecule has 3 nitrogen and oxygen atoms in total. The molecular weight excluding hydrogens is 436 g/mol. The number of rotatable bonds is 6. The van der Waals surface area contributed by atoms with Gasteiger partial charge < -0.3 is 10.6 Å². The number of anilines is 1. The minimum absolute atomic E-state index is 0.224. The molecule has 5 rings (SSSR count). The Morgan fingerprint density at radius 1 is 1.10 bits per heavy atom. The van der Waals surface area contributed by atoms with E-state index in [1.54, 1.807) is 0 Å². The second kappa shape index (κ2) is 8.32. The van der Waals surface area contributed by atoms with Gasteiger partial charge in [-0.1, -0.05) is 65.2 Å². The van der Waals surface area contributed by atoms with E-state index in [9.17, 15) is 4.79 Å². The zero-order chi connectivity index (χ0) is 20.6. The van der Waals surface area contributed by atoms with Crippen molar-refractivity contribution < 1.29 is 4.79 Å². The van der Waals surface area contributed by atoms with Crippen molar-refractivity contribution in [1.82, 2.24) is 5.32 Å². The van der Waals surface area contributed by atoms with E-state index in [0.29, 0.717) is 6.04 Å². The van der Waals surface area contributed by atoms with Crippen LogP contribution in [0.25, 0.3) is 5.57 Å². The zero-order valence-electron chi connectivity index (χ0n) is 17.3.